The van der Waals surface area contributed by atoms with Gasteiger partial charge in [0.15, 0.2) is 5.82 Å². The molecule has 0 spiro atoms. The molecule has 1 aromatic carbocycles. The van der Waals surface area contributed by atoms with Crippen molar-refractivity contribution in [1.29, 1.82) is 5.26 Å². The van der Waals surface area contributed by atoms with E-state index in [-0.39, 0.29) is 5.91 Å². The fraction of sp³-hybridized carbons (Fsp3) is 0.375. The molecule has 0 atom stereocenters. The van der Waals surface area contributed by atoms with E-state index in [1.807, 2.05) is 24.3 Å². The van der Waals surface area contributed by atoms with Crippen molar-refractivity contribution >= 4 is 11.6 Å². The molecule has 22 heavy (non-hydrogen) atoms. The summed E-state index contributed by atoms with van der Waals surface area (Å²) >= 11 is 0. The Kier molecular flexibility index (Phi) is 3.63. The Morgan fingerprint density at radius 2 is 2.18 bits per heavy atom. The first-order valence-electron chi connectivity index (χ1n) is 7.32. The number of amides is 1. The fourth-order valence-electron chi connectivity index (χ4n) is 2.83. The van der Waals surface area contributed by atoms with Crippen LogP contribution in [0.25, 0.3) is 11.4 Å². The summed E-state index contributed by atoms with van der Waals surface area (Å²) in [7, 11) is 1.80. The van der Waals surface area contributed by atoms with Gasteiger partial charge in [-0.05, 0) is 25.0 Å². The van der Waals surface area contributed by atoms with Gasteiger partial charge in [-0.1, -0.05) is 25.0 Å². The molecule has 6 nitrogen and oxygen atoms in total. The van der Waals surface area contributed by atoms with Crippen molar-refractivity contribution in [2.75, 3.05) is 5.32 Å². The highest BCUT2D eigenvalue weighted by Gasteiger charge is 2.41. The molecule has 1 N–H and O–H groups in total. The number of nitrogens with one attached hydrogen (secondary N) is 1. The van der Waals surface area contributed by atoms with Crippen molar-refractivity contribution in [2.24, 2.45) is 12.5 Å². The van der Waals surface area contributed by atoms with Crippen molar-refractivity contribution in [1.82, 2.24) is 14.8 Å². The number of carbonyl (C=O) groups excluding carboxylic acids is 1. The van der Waals surface area contributed by atoms with Crippen molar-refractivity contribution in [3.8, 4) is 17.5 Å². The molecule has 0 radical (unpaired) electrons. The molecule has 1 aliphatic rings. The maximum absolute atomic E-state index is 12.5. The molecular weight excluding hydrogens is 278 g/mol. The van der Waals surface area contributed by atoms with Crippen molar-refractivity contribution in [3.05, 3.63) is 30.6 Å². The zero-order chi connectivity index (χ0) is 15.6. The number of hydrogen-bond donors (Lipinski definition) is 1. The van der Waals surface area contributed by atoms with Gasteiger partial charge in [-0.25, -0.2) is 4.98 Å². The molecule has 0 bridgehead atoms. The van der Waals surface area contributed by atoms with Crippen LogP contribution in [-0.2, 0) is 11.8 Å². The van der Waals surface area contributed by atoms with E-state index in [2.05, 4.69) is 21.5 Å². The summed E-state index contributed by atoms with van der Waals surface area (Å²) in [5, 5.41) is 16.5. The number of aromatic nitrogens is 3. The molecule has 0 aliphatic heterocycles. The van der Waals surface area contributed by atoms with Crippen LogP contribution in [0.1, 0.15) is 25.7 Å². The number of carbonyl (C=O) groups is 1. The molecule has 1 aromatic heterocycles. The molecule has 1 fully saturated rings. The Balaban J connectivity index is 1.81. The second-order valence-electron chi connectivity index (χ2n) is 5.68. The summed E-state index contributed by atoms with van der Waals surface area (Å²) < 4.78 is 1.63. The number of nitriles is 1. The third-order valence-corrected chi connectivity index (χ3v) is 4.08. The minimum absolute atomic E-state index is 0.210. The van der Waals surface area contributed by atoms with Crippen molar-refractivity contribution < 1.29 is 4.79 Å². The molecule has 2 aromatic rings. The van der Waals surface area contributed by atoms with Gasteiger partial charge in [0.05, 0.1) is 6.07 Å². The van der Waals surface area contributed by atoms with Crippen LogP contribution in [0.2, 0.25) is 0 Å². The largest absolute Gasteiger partial charge is 0.325 e. The number of rotatable bonds is 3. The number of nitrogens with zero attached hydrogens (tertiary/aromatic N) is 4. The first kappa shape index (κ1) is 14.3. The Morgan fingerprint density at radius 1 is 1.41 bits per heavy atom. The third kappa shape index (κ3) is 2.58. The summed E-state index contributed by atoms with van der Waals surface area (Å²) in [6.07, 6.45) is 4.76. The third-order valence-electron chi connectivity index (χ3n) is 4.08. The van der Waals surface area contributed by atoms with Gasteiger partial charge >= 0.3 is 0 Å². The van der Waals surface area contributed by atoms with Gasteiger partial charge in [-0.15, -0.1) is 0 Å². The van der Waals surface area contributed by atoms with E-state index in [1.54, 1.807) is 18.1 Å². The molecule has 0 unspecified atom stereocenters. The number of anilines is 1. The second kappa shape index (κ2) is 5.60. The lowest BCUT2D eigenvalue weighted by molar-refractivity contribution is -0.122. The van der Waals surface area contributed by atoms with Crippen LogP contribution in [0.5, 0.6) is 0 Å². The monoisotopic (exact) mass is 295 g/mol. The van der Waals surface area contributed by atoms with Crippen LogP contribution in [0.15, 0.2) is 30.6 Å². The zero-order valence-electron chi connectivity index (χ0n) is 12.4. The number of aryl methyl sites for hydroxylation is 1. The predicted octanol–water partition coefficient (Wildman–Crippen LogP) is 2.50. The van der Waals surface area contributed by atoms with E-state index in [0.717, 1.165) is 18.4 Å². The highest BCUT2D eigenvalue weighted by Crippen LogP contribution is 2.38. The molecule has 0 saturated heterocycles. The zero-order valence-corrected chi connectivity index (χ0v) is 12.4. The topological polar surface area (TPSA) is 83.6 Å². The normalized spacial score (nSPS) is 16.2. The van der Waals surface area contributed by atoms with Gasteiger partial charge in [0.1, 0.15) is 11.7 Å². The Morgan fingerprint density at radius 3 is 2.82 bits per heavy atom. The first-order valence-corrected chi connectivity index (χ1v) is 7.32. The van der Waals surface area contributed by atoms with Crippen LogP contribution < -0.4 is 5.32 Å². The fourth-order valence-corrected chi connectivity index (χ4v) is 2.83. The Labute approximate surface area is 128 Å². The summed E-state index contributed by atoms with van der Waals surface area (Å²) in [4.78, 5) is 16.7. The summed E-state index contributed by atoms with van der Waals surface area (Å²) in [5.41, 5.74) is 0.617. The number of benzene rings is 1. The molecule has 1 heterocycles. The summed E-state index contributed by atoms with van der Waals surface area (Å²) in [5.74, 6) is 0.396. The van der Waals surface area contributed by atoms with Gasteiger partial charge < -0.3 is 5.32 Å². The maximum Gasteiger partial charge on any atom is 0.244 e. The van der Waals surface area contributed by atoms with Crippen LogP contribution in [0, 0.1) is 16.7 Å². The van der Waals surface area contributed by atoms with Crippen LogP contribution >= 0.6 is 0 Å². The van der Waals surface area contributed by atoms with E-state index in [0.29, 0.717) is 24.4 Å². The van der Waals surface area contributed by atoms with Gasteiger partial charge in [0.25, 0.3) is 0 Å². The standard InChI is InChI=1S/C16H17N5O/c1-21-11-18-14(20-21)12-5-4-6-13(9-12)19-15(22)16(10-17)7-2-3-8-16/h4-6,9,11H,2-3,7-8H2,1H3,(H,19,22). The van der Waals surface area contributed by atoms with Gasteiger partial charge in [-0.2, -0.15) is 10.4 Å². The minimum Gasteiger partial charge on any atom is -0.325 e. The van der Waals surface area contributed by atoms with Crippen molar-refractivity contribution in [2.45, 2.75) is 25.7 Å². The van der Waals surface area contributed by atoms with Gasteiger partial charge in [-0.3, -0.25) is 9.48 Å². The van der Waals surface area contributed by atoms with E-state index < -0.39 is 5.41 Å². The average molecular weight is 295 g/mol. The average Bonchev–Trinajstić information content (AvgIpc) is 3.17. The SMILES string of the molecule is Cn1cnc(-c2cccc(NC(=O)C3(C#N)CCCC3)c2)n1. The molecule has 3 rings (SSSR count). The van der Waals surface area contributed by atoms with E-state index in [1.165, 1.54) is 0 Å². The smallest absolute Gasteiger partial charge is 0.244 e. The lowest BCUT2D eigenvalue weighted by atomic mass is 9.87. The second-order valence-corrected chi connectivity index (χ2v) is 5.68. The highest BCUT2D eigenvalue weighted by atomic mass is 16.2. The Hall–Kier alpha value is -2.68. The molecule has 1 amide bonds. The minimum atomic E-state index is -0.876. The van der Waals surface area contributed by atoms with E-state index >= 15 is 0 Å². The lowest BCUT2D eigenvalue weighted by Gasteiger charge is -2.19. The van der Waals surface area contributed by atoms with Crippen molar-refractivity contribution in [3.63, 3.8) is 0 Å². The molecule has 6 heteroatoms. The lowest BCUT2D eigenvalue weighted by Crippen LogP contribution is -2.32. The number of hydrogen-bond acceptors (Lipinski definition) is 4. The Bertz CT molecular complexity index is 737. The predicted molar refractivity (Wildman–Crippen MR) is 81.6 cm³/mol. The van der Waals surface area contributed by atoms with Crippen LogP contribution in [0.3, 0.4) is 0 Å². The summed E-state index contributed by atoms with van der Waals surface area (Å²) in [6, 6.07) is 9.58. The summed E-state index contributed by atoms with van der Waals surface area (Å²) in [6.45, 7) is 0. The van der Waals surface area contributed by atoms with Crippen LogP contribution in [-0.4, -0.2) is 20.7 Å². The highest BCUT2D eigenvalue weighted by molar-refractivity contribution is 5.97. The van der Waals surface area contributed by atoms with E-state index in [4.69, 9.17) is 0 Å². The van der Waals surface area contributed by atoms with E-state index in [9.17, 15) is 10.1 Å². The molecular formula is C16H17N5O. The molecule has 1 aliphatic carbocycles. The molecule has 112 valence electrons. The van der Waals surface area contributed by atoms with Gasteiger partial charge in [0.2, 0.25) is 5.91 Å². The van der Waals surface area contributed by atoms with Gasteiger partial charge in [0, 0.05) is 18.3 Å². The maximum atomic E-state index is 12.5. The first-order chi connectivity index (χ1) is 10.6. The quantitative estimate of drug-likeness (QED) is 0.943. The molecule has 1 saturated carbocycles. The van der Waals surface area contributed by atoms with Crippen LogP contribution in [0.4, 0.5) is 5.69 Å².